The first kappa shape index (κ1) is 22.6. The summed E-state index contributed by atoms with van der Waals surface area (Å²) in [5.41, 5.74) is 2.33. The van der Waals surface area contributed by atoms with Gasteiger partial charge < -0.3 is 19.5 Å². The van der Waals surface area contributed by atoms with Crippen LogP contribution in [0.5, 0.6) is 11.5 Å². The van der Waals surface area contributed by atoms with E-state index in [-0.39, 0.29) is 12.4 Å². The average Bonchev–Trinajstić information content (AvgIpc) is 2.73. The Morgan fingerprint density at radius 3 is 2.62 bits per heavy atom. The Balaban J connectivity index is 0.00000300. The number of fused-ring (bicyclic) bond motifs is 1. The maximum atomic E-state index is 5.78. The molecular weight excluding hydrogens is 413 g/mol. The lowest BCUT2D eigenvalue weighted by atomic mass is 10.2. The molecule has 0 bridgehead atoms. The van der Waals surface area contributed by atoms with Crippen LogP contribution in [0.3, 0.4) is 0 Å². The van der Waals surface area contributed by atoms with Crippen molar-refractivity contribution in [1.82, 2.24) is 9.97 Å². The predicted molar refractivity (Wildman–Crippen MR) is 118 cm³/mol. The predicted octanol–water partition coefficient (Wildman–Crippen LogP) is 4.42. The Hall–Kier alpha value is -2.72. The zero-order chi connectivity index (χ0) is 19.8. The quantitative estimate of drug-likeness (QED) is 0.306. The summed E-state index contributed by atoms with van der Waals surface area (Å²) in [6.07, 6.45) is 6.98. The van der Waals surface area contributed by atoms with E-state index in [0.717, 1.165) is 22.2 Å². The molecule has 0 atom stereocenters. The minimum atomic E-state index is 0. The van der Waals surface area contributed by atoms with Gasteiger partial charge in [-0.1, -0.05) is 12.0 Å². The summed E-state index contributed by atoms with van der Waals surface area (Å²) in [4.78, 5) is 8.72. The first-order valence-corrected chi connectivity index (χ1v) is 9.21. The third-order valence-electron chi connectivity index (χ3n) is 3.87. The summed E-state index contributed by atoms with van der Waals surface area (Å²) in [6.45, 7) is 1.22. The van der Waals surface area contributed by atoms with E-state index in [2.05, 4.69) is 21.2 Å². The van der Waals surface area contributed by atoms with Crippen molar-refractivity contribution in [1.29, 1.82) is 0 Å². The normalized spacial score (nSPS) is 10.1. The molecular formula is C21H21Cl2N3O3. The van der Waals surface area contributed by atoms with Crippen LogP contribution < -0.4 is 14.8 Å². The van der Waals surface area contributed by atoms with Gasteiger partial charge >= 0.3 is 0 Å². The Kier molecular flexibility index (Phi) is 8.81. The van der Waals surface area contributed by atoms with E-state index in [1.165, 1.54) is 6.33 Å². The molecule has 29 heavy (non-hydrogen) atoms. The monoisotopic (exact) mass is 433 g/mol. The van der Waals surface area contributed by atoms with Gasteiger partial charge in [-0.2, -0.15) is 0 Å². The largest absolute Gasteiger partial charge is 0.488 e. The molecule has 0 radical (unpaired) electrons. The van der Waals surface area contributed by atoms with E-state index in [0.29, 0.717) is 43.0 Å². The highest BCUT2D eigenvalue weighted by Crippen LogP contribution is 2.35. The third kappa shape index (κ3) is 5.88. The Morgan fingerprint density at radius 2 is 1.86 bits per heavy atom. The van der Waals surface area contributed by atoms with Crippen LogP contribution in [0.4, 0.5) is 11.5 Å². The van der Waals surface area contributed by atoms with E-state index in [1.807, 2.05) is 36.4 Å². The van der Waals surface area contributed by atoms with Crippen LogP contribution in [-0.2, 0) is 4.74 Å². The van der Waals surface area contributed by atoms with Gasteiger partial charge in [0.2, 0.25) is 0 Å². The van der Waals surface area contributed by atoms with Crippen LogP contribution >= 0.6 is 24.0 Å². The molecule has 0 aliphatic carbocycles. The van der Waals surface area contributed by atoms with Crippen molar-refractivity contribution in [3.05, 3.63) is 48.3 Å². The van der Waals surface area contributed by atoms with Crippen molar-refractivity contribution in [2.24, 2.45) is 0 Å². The van der Waals surface area contributed by atoms with Crippen molar-refractivity contribution in [2.75, 3.05) is 38.1 Å². The number of halogens is 2. The van der Waals surface area contributed by atoms with Crippen LogP contribution in [0.2, 0.25) is 0 Å². The number of nitrogens with one attached hydrogen (secondary N) is 1. The number of anilines is 2. The molecule has 3 rings (SSSR count). The Morgan fingerprint density at radius 1 is 1.07 bits per heavy atom. The molecule has 152 valence electrons. The lowest BCUT2D eigenvalue weighted by Crippen LogP contribution is -2.07. The van der Waals surface area contributed by atoms with Gasteiger partial charge in [-0.3, -0.25) is 0 Å². The highest BCUT2D eigenvalue weighted by Gasteiger charge is 2.13. The number of hydrogen-bond donors (Lipinski definition) is 1. The maximum Gasteiger partial charge on any atom is 0.163 e. The van der Waals surface area contributed by atoms with Gasteiger partial charge in [0.25, 0.3) is 0 Å². The van der Waals surface area contributed by atoms with Crippen molar-refractivity contribution in [2.45, 2.75) is 0 Å². The Labute approximate surface area is 181 Å². The van der Waals surface area contributed by atoms with Crippen molar-refractivity contribution in [3.63, 3.8) is 0 Å². The van der Waals surface area contributed by atoms with Gasteiger partial charge in [-0.15, -0.1) is 30.4 Å². The number of rotatable bonds is 9. The highest BCUT2D eigenvalue weighted by atomic mass is 35.5. The second kappa shape index (κ2) is 11.3. The molecule has 1 heterocycles. The smallest absolute Gasteiger partial charge is 0.163 e. The first-order chi connectivity index (χ1) is 13.7. The molecule has 0 saturated carbocycles. The minimum absolute atomic E-state index is 0. The molecule has 0 saturated heterocycles. The molecule has 1 N–H and O–H groups in total. The molecule has 6 nitrogen and oxygen atoms in total. The highest BCUT2D eigenvalue weighted by molar-refractivity contribution is 6.18. The van der Waals surface area contributed by atoms with Crippen LogP contribution in [0.1, 0.15) is 5.56 Å². The minimum Gasteiger partial charge on any atom is -0.488 e. The number of nitrogens with zero attached hydrogens (tertiary/aromatic N) is 2. The topological polar surface area (TPSA) is 65.5 Å². The zero-order valence-corrected chi connectivity index (χ0v) is 17.4. The third-order valence-corrected chi connectivity index (χ3v) is 4.03. The van der Waals surface area contributed by atoms with Crippen LogP contribution in [-0.4, -0.2) is 42.8 Å². The van der Waals surface area contributed by atoms with Crippen LogP contribution in [0.15, 0.2) is 42.7 Å². The standard InChI is InChI=1S/C21H20ClN3O3.ClH/c1-3-15-5-4-6-16(11-15)25-21-17-12-19(27-8-7-22)20(28-10-9-26-2)13-18(17)23-14-24-21;/h1,4-6,11-14H,7-10H2,2H3,(H,23,24,25);1H. The van der Waals surface area contributed by atoms with Gasteiger partial charge in [0.15, 0.2) is 11.5 Å². The van der Waals surface area contributed by atoms with Crippen LogP contribution in [0, 0.1) is 12.3 Å². The van der Waals surface area contributed by atoms with E-state index < -0.39 is 0 Å². The number of ether oxygens (including phenoxy) is 3. The van der Waals surface area contributed by atoms with Crippen molar-refractivity contribution >= 4 is 46.4 Å². The zero-order valence-electron chi connectivity index (χ0n) is 15.9. The molecule has 2 aromatic carbocycles. The average molecular weight is 434 g/mol. The number of hydrogen-bond acceptors (Lipinski definition) is 6. The lowest BCUT2D eigenvalue weighted by Gasteiger charge is -2.15. The van der Waals surface area contributed by atoms with E-state index in [4.69, 9.17) is 32.2 Å². The molecule has 8 heteroatoms. The Bertz CT molecular complexity index is 993. The number of benzene rings is 2. The van der Waals surface area contributed by atoms with Gasteiger partial charge in [-0.25, -0.2) is 9.97 Å². The lowest BCUT2D eigenvalue weighted by molar-refractivity contribution is 0.143. The SMILES string of the molecule is C#Cc1cccc(Nc2ncnc3cc(OCCOC)c(OCCCl)cc23)c1.Cl. The van der Waals surface area contributed by atoms with Gasteiger partial charge in [0, 0.05) is 29.8 Å². The fourth-order valence-electron chi connectivity index (χ4n) is 2.60. The molecule has 0 unspecified atom stereocenters. The second-order valence-electron chi connectivity index (χ2n) is 5.77. The summed E-state index contributed by atoms with van der Waals surface area (Å²) in [5.74, 6) is 4.77. The molecule has 0 spiro atoms. The number of terminal acetylenes is 1. The second-order valence-corrected chi connectivity index (χ2v) is 6.15. The molecule has 0 aliphatic heterocycles. The summed E-state index contributed by atoms with van der Waals surface area (Å²) >= 11 is 5.78. The van der Waals surface area contributed by atoms with Gasteiger partial charge in [-0.05, 0) is 24.3 Å². The van der Waals surface area contributed by atoms with Crippen LogP contribution in [0.25, 0.3) is 10.9 Å². The number of alkyl halides is 1. The summed E-state index contributed by atoms with van der Waals surface area (Å²) < 4.78 is 16.6. The molecule has 0 amide bonds. The van der Waals surface area contributed by atoms with Crippen molar-refractivity contribution < 1.29 is 14.2 Å². The molecule has 1 aromatic heterocycles. The van der Waals surface area contributed by atoms with E-state index >= 15 is 0 Å². The van der Waals surface area contributed by atoms with E-state index in [1.54, 1.807) is 7.11 Å². The van der Waals surface area contributed by atoms with Gasteiger partial charge in [0.1, 0.15) is 25.4 Å². The fourth-order valence-corrected chi connectivity index (χ4v) is 2.67. The van der Waals surface area contributed by atoms with Crippen molar-refractivity contribution in [3.8, 4) is 23.8 Å². The summed E-state index contributed by atoms with van der Waals surface area (Å²) in [5, 5.41) is 4.08. The first-order valence-electron chi connectivity index (χ1n) is 8.68. The number of methoxy groups -OCH3 is 1. The molecule has 3 aromatic rings. The molecule has 0 aliphatic rings. The maximum absolute atomic E-state index is 5.78. The molecule has 0 fully saturated rings. The summed E-state index contributed by atoms with van der Waals surface area (Å²) in [6, 6.07) is 11.2. The van der Waals surface area contributed by atoms with E-state index in [9.17, 15) is 0 Å². The van der Waals surface area contributed by atoms with Gasteiger partial charge in [0.05, 0.1) is 18.0 Å². The summed E-state index contributed by atoms with van der Waals surface area (Å²) in [7, 11) is 1.62. The fraction of sp³-hybridized carbons (Fsp3) is 0.238. The number of aromatic nitrogens is 2.